The van der Waals surface area contributed by atoms with Gasteiger partial charge in [-0.25, -0.2) is 9.07 Å². The van der Waals surface area contributed by atoms with Crippen LogP contribution < -0.4 is 0 Å². The van der Waals surface area contributed by atoms with Crippen LogP contribution in [0.4, 0.5) is 4.39 Å². The molecule has 0 saturated carbocycles. The minimum absolute atomic E-state index is 0.291. The number of β-amino-alcohol motifs (C(OH)–C–C–N with tert-alkyl or cyclic N) is 1. The number of aliphatic hydroxyl groups is 1. The van der Waals surface area contributed by atoms with E-state index in [4.69, 9.17) is 17.3 Å². The molecule has 140 valence electrons. The minimum atomic E-state index is -0.305. The van der Waals surface area contributed by atoms with Gasteiger partial charge in [0.25, 0.3) is 0 Å². The molecule has 1 atom stereocenters. The Bertz CT molecular complexity index is 968. The summed E-state index contributed by atoms with van der Waals surface area (Å²) in [6.45, 7) is 2.04. The van der Waals surface area contributed by atoms with Crippen molar-refractivity contribution in [1.29, 1.82) is 0 Å². The van der Waals surface area contributed by atoms with Crippen molar-refractivity contribution in [2.45, 2.75) is 25.6 Å². The van der Waals surface area contributed by atoms with Crippen molar-refractivity contribution in [2.75, 3.05) is 13.1 Å². The van der Waals surface area contributed by atoms with E-state index in [9.17, 15) is 9.50 Å². The van der Waals surface area contributed by atoms with Crippen LogP contribution in [0.3, 0.4) is 0 Å². The van der Waals surface area contributed by atoms with Crippen LogP contribution in [0.5, 0.6) is 0 Å². The molecular formula is C20H21FN4OS. The lowest BCUT2D eigenvalue weighted by atomic mass is 10.1. The SMILES string of the molecule is O[C@H]1CCCN(Cn2nc(-c3ccccc3)n(-c3ccc(F)cc3)c2=S)C1. The second-order valence-electron chi connectivity index (χ2n) is 6.80. The molecule has 0 unspecified atom stereocenters. The van der Waals surface area contributed by atoms with Gasteiger partial charge in [-0.2, -0.15) is 0 Å². The molecule has 1 saturated heterocycles. The normalized spacial score (nSPS) is 17.9. The summed E-state index contributed by atoms with van der Waals surface area (Å²) < 4.78 is 17.6. The third-order valence-electron chi connectivity index (χ3n) is 4.77. The maximum Gasteiger partial charge on any atom is 0.204 e. The summed E-state index contributed by atoms with van der Waals surface area (Å²) in [5.41, 5.74) is 1.70. The Balaban J connectivity index is 1.77. The van der Waals surface area contributed by atoms with Gasteiger partial charge in [-0.15, -0.1) is 5.10 Å². The monoisotopic (exact) mass is 384 g/mol. The van der Waals surface area contributed by atoms with Crippen LogP contribution >= 0.6 is 12.2 Å². The van der Waals surface area contributed by atoms with Crippen molar-refractivity contribution in [1.82, 2.24) is 19.2 Å². The molecule has 2 heterocycles. The van der Waals surface area contributed by atoms with E-state index in [0.29, 0.717) is 23.8 Å². The number of likely N-dealkylation sites (tertiary alicyclic amines) is 1. The number of aromatic nitrogens is 3. The molecule has 0 amide bonds. The summed E-state index contributed by atoms with van der Waals surface area (Å²) in [6.07, 6.45) is 1.49. The smallest absolute Gasteiger partial charge is 0.204 e. The van der Waals surface area contributed by atoms with Gasteiger partial charge in [0, 0.05) is 18.7 Å². The summed E-state index contributed by atoms with van der Waals surface area (Å²) >= 11 is 5.71. The first-order valence-corrected chi connectivity index (χ1v) is 9.44. The van der Waals surface area contributed by atoms with E-state index in [1.54, 1.807) is 16.8 Å². The average molecular weight is 384 g/mol. The molecule has 7 heteroatoms. The van der Waals surface area contributed by atoms with Gasteiger partial charge >= 0.3 is 0 Å². The molecule has 5 nitrogen and oxygen atoms in total. The van der Waals surface area contributed by atoms with Crippen molar-refractivity contribution < 1.29 is 9.50 Å². The number of halogens is 1. The van der Waals surface area contributed by atoms with Crippen LogP contribution in [0.1, 0.15) is 12.8 Å². The van der Waals surface area contributed by atoms with Gasteiger partial charge in [0.2, 0.25) is 4.77 Å². The Morgan fingerprint density at radius 2 is 1.85 bits per heavy atom. The van der Waals surface area contributed by atoms with Gasteiger partial charge in [-0.1, -0.05) is 30.3 Å². The fraction of sp³-hybridized carbons (Fsp3) is 0.300. The molecule has 1 aliphatic rings. The molecule has 1 fully saturated rings. The fourth-order valence-corrected chi connectivity index (χ4v) is 3.74. The molecule has 27 heavy (non-hydrogen) atoms. The maximum absolute atomic E-state index is 13.4. The third-order valence-corrected chi connectivity index (χ3v) is 5.16. The lowest BCUT2D eigenvalue weighted by Crippen LogP contribution is -2.39. The molecular weight excluding hydrogens is 363 g/mol. The zero-order valence-electron chi connectivity index (χ0n) is 14.8. The van der Waals surface area contributed by atoms with Gasteiger partial charge in [0.1, 0.15) is 5.82 Å². The van der Waals surface area contributed by atoms with Crippen LogP contribution in [0.25, 0.3) is 17.1 Å². The Kier molecular flexibility index (Phi) is 5.15. The molecule has 0 spiro atoms. The third kappa shape index (κ3) is 3.85. The number of rotatable bonds is 4. The summed E-state index contributed by atoms with van der Waals surface area (Å²) in [5, 5.41) is 14.7. The van der Waals surface area contributed by atoms with E-state index in [1.807, 2.05) is 34.9 Å². The van der Waals surface area contributed by atoms with Crippen molar-refractivity contribution >= 4 is 12.2 Å². The van der Waals surface area contributed by atoms with Gasteiger partial charge in [-0.05, 0) is 49.3 Å². The van der Waals surface area contributed by atoms with E-state index < -0.39 is 0 Å². The molecule has 3 aromatic rings. The Labute approximate surface area is 162 Å². The molecule has 1 aliphatic heterocycles. The second-order valence-corrected chi connectivity index (χ2v) is 7.16. The summed E-state index contributed by atoms with van der Waals surface area (Å²) in [6, 6.07) is 16.1. The molecule has 1 aromatic heterocycles. The van der Waals surface area contributed by atoms with Gasteiger partial charge < -0.3 is 5.11 Å². The van der Waals surface area contributed by atoms with Gasteiger partial charge in [0.15, 0.2) is 5.82 Å². The van der Waals surface area contributed by atoms with Gasteiger partial charge in [-0.3, -0.25) is 9.47 Å². The second kappa shape index (κ2) is 7.72. The lowest BCUT2D eigenvalue weighted by molar-refractivity contribution is 0.0513. The molecule has 0 radical (unpaired) electrons. The molecule has 0 aliphatic carbocycles. The van der Waals surface area contributed by atoms with E-state index in [0.717, 1.165) is 30.6 Å². The zero-order valence-corrected chi connectivity index (χ0v) is 15.6. The number of benzene rings is 2. The topological polar surface area (TPSA) is 46.2 Å². The summed E-state index contributed by atoms with van der Waals surface area (Å²) in [4.78, 5) is 2.15. The predicted octanol–water partition coefficient (Wildman–Crippen LogP) is 3.62. The van der Waals surface area contributed by atoms with E-state index in [-0.39, 0.29) is 11.9 Å². The molecule has 1 N–H and O–H groups in total. The maximum atomic E-state index is 13.4. The highest BCUT2D eigenvalue weighted by Gasteiger charge is 2.20. The van der Waals surface area contributed by atoms with Crippen LogP contribution in [-0.2, 0) is 6.67 Å². The van der Waals surface area contributed by atoms with Crippen LogP contribution in [0.2, 0.25) is 0 Å². The van der Waals surface area contributed by atoms with Crippen LogP contribution in [0, 0.1) is 10.6 Å². The summed E-state index contributed by atoms with van der Waals surface area (Å²) in [5.74, 6) is 0.422. The molecule has 4 rings (SSSR count). The first-order valence-electron chi connectivity index (χ1n) is 9.03. The summed E-state index contributed by atoms with van der Waals surface area (Å²) in [7, 11) is 0. The molecule has 2 aromatic carbocycles. The Hall–Kier alpha value is -2.35. The fourth-order valence-electron chi connectivity index (χ4n) is 3.45. The van der Waals surface area contributed by atoms with Gasteiger partial charge in [0.05, 0.1) is 18.5 Å². The number of piperidine rings is 1. The van der Waals surface area contributed by atoms with E-state index in [2.05, 4.69) is 4.90 Å². The largest absolute Gasteiger partial charge is 0.392 e. The Morgan fingerprint density at radius 1 is 1.11 bits per heavy atom. The van der Waals surface area contributed by atoms with Crippen molar-refractivity contribution in [3.63, 3.8) is 0 Å². The van der Waals surface area contributed by atoms with Crippen molar-refractivity contribution in [3.8, 4) is 17.1 Å². The first-order chi connectivity index (χ1) is 13.1. The highest BCUT2D eigenvalue weighted by atomic mass is 32.1. The van der Waals surface area contributed by atoms with E-state index in [1.165, 1.54) is 12.1 Å². The minimum Gasteiger partial charge on any atom is -0.392 e. The quantitative estimate of drug-likeness (QED) is 0.698. The average Bonchev–Trinajstić information content (AvgIpc) is 3.00. The molecule has 0 bridgehead atoms. The highest BCUT2D eigenvalue weighted by molar-refractivity contribution is 7.71. The number of nitrogens with zero attached hydrogens (tertiary/aromatic N) is 4. The number of aliphatic hydroxyl groups excluding tert-OH is 1. The number of hydrogen-bond donors (Lipinski definition) is 1. The van der Waals surface area contributed by atoms with Crippen LogP contribution in [0.15, 0.2) is 54.6 Å². The first kappa shape index (κ1) is 18.0. The van der Waals surface area contributed by atoms with Crippen molar-refractivity contribution in [2.24, 2.45) is 0 Å². The predicted molar refractivity (Wildman–Crippen MR) is 105 cm³/mol. The lowest BCUT2D eigenvalue weighted by Gasteiger charge is -2.29. The highest BCUT2D eigenvalue weighted by Crippen LogP contribution is 2.23. The number of hydrogen-bond acceptors (Lipinski definition) is 4. The van der Waals surface area contributed by atoms with Crippen LogP contribution in [-0.4, -0.2) is 43.5 Å². The Morgan fingerprint density at radius 3 is 2.56 bits per heavy atom. The van der Waals surface area contributed by atoms with Crippen molar-refractivity contribution in [3.05, 3.63) is 65.2 Å². The van der Waals surface area contributed by atoms with E-state index >= 15 is 0 Å². The zero-order chi connectivity index (χ0) is 18.8. The standard InChI is InChI=1S/C20H21FN4OS/c21-16-8-10-17(11-9-16)25-19(15-5-2-1-3-6-15)22-24(20(25)27)14-23-12-4-7-18(26)13-23/h1-3,5-6,8-11,18,26H,4,7,12-14H2/t18-/m0/s1.